The lowest BCUT2D eigenvalue weighted by molar-refractivity contribution is -0.142. The van der Waals surface area contributed by atoms with E-state index in [0.29, 0.717) is 13.0 Å². The SMILES string of the molecule is O=C(O)CC1(O)CCN(Cc2ccncc2)C1. The highest BCUT2D eigenvalue weighted by molar-refractivity contribution is 5.68. The first-order valence-corrected chi connectivity index (χ1v) is 5.63. The molecule has 1 aliphatic heterocycles. The number of rotatable bonds is 4. The monoisotopic (exact) mass is 236 g/mol. The van der Waals surface area contributed by atoms with Crippen molar-refractivity contribution in [2.24, 2.45) is 0 Å². The first kappa shape index (κ1) is 12.0. The molecule has 1 unspecified atom stereocenters. The molecule has 1 saturated heterocycles. The summed E-state index contributed by atoms with van der Waals surface area (Å²) in [6.45, 7) is 1.87. The minimum absolute atomic E-state index is 0.181. The number of nitrogens with zero attached hydrogens (tertiary/aromatic N) is 2. The van der Waals surface area contributed by atoms with Crippen LogP contribution in [0.5, 0.6) is 0 Å². The second-order valence-electron chi connectivity index (χ2n) is 4.61. The Balaban J connectivity index is 1.92. The van der Waals surface area contributed by atoms with E-state index in [1.807, 2.05) is 12.1 Å². The van der Waals surface area contributed by atoms with Gasteiger partial charge in [-0.3, -0.25) is 14.7 Å². The molecule has 92 valence electrons. The molecule has 1 fully saturated rings. The number of likely N-dealkylation sites (tertiary alicyclic amines) is 1. The first-order chi connectivity index (χ1) is 8.07. The molecule has 1 aromatic heterocycles. The largest absolute Gasteiger partial charge is 0.481 e. The Hall–Kier alpha value is -1.46. The lowest BCUT2D eigenvalue weighted by Crippen LogP contribution is -2.35. The van der Waals surface area contributed by atoms with Crippen LogP contribution in [0.4, 0.5) is 0 Å². The molecular weight excluding hydrogens is 220 g/mol. The zero-order valence-electron chi connectivity index (χ0n) is 9.54. The van der Waals surface area contributed by atoms with Crippen molar-refractivity contribution < 1.29 is 15.0 Å². The second-order valence-corrected chi connectivity index (χ2v) is 4.61. The van der Waals surface area contributed by atoms with Gasteiger partial charge in [0.05, 0.1) is 12.0 Å². The third-order valence-corrected chi connectivity index (χ3v) is 3.05. The third kappa shape index (κ3) is 3.25. The van der Waals surface area contributed by atoms with E-state index < -0.39 is 11.6 Å². The van der Waals surface area contributed by atoms with Crippen LogP contribution in [0.2, 0.25) is 0 Å². The Morgan fingerprint density at radius 2 is 2.18 bits per heavy atom. The number of pyridine rings is 1. The van der Waals surface area contributed by atoms with Gasteiger partial charge in [-0.1, -0.05) is 0 Å². The Labute approximate surface area is 99.7 Å². The predicted octanol–water partition coefficient (Wildman–Crippen LogP) is 0.493. The van der Waals surface area contributed by atoms with Crippen molar-refractivity contribution in [1.82, 2.24) is 9.88 Å². The van der Waals surface area contributed by atoms with Gasteiger partial charge in [0.25, 0.3) is 0 Å². The van der Waals surface area contributed by atoms with Crippen molar-refractivity contribution in [3.8, 4) is 0 Å². The van der Waals surface area contributed by atoms with Gasteiger partial charge < -0.3 is 10.2 Å². The van der Waals surface area contributed by atoms with E-state index in [-0.39, 0.29) is 6.42 Å². The van der Waals surface area contributed by atoms with Gasteiger partial charge in [0.15, 0.2) is 0 Å². The fourth-order valence-electron chi connectivity index (χ4n) is 2.25. The highest BCUT2D eigenvalue weighted by Crippen LogP contribution is 2.25. The molecule has 17 heavy (non-hydrogen) atoms. The number of carboxylic acids is 1. The third-order valence-electron chi connectivity index (χ3n) is 3.05. The van der Waals surface area contributed by atoms with Crippen LogP contribution in [-0.4, -0.2) is 44.8 Å². The van der Waals surface area contributed by atoms with Crippen LogP contribution < -0.4 is 0 Å². The standard InChI is InChI=1S/C12H16N2O3/c15-11(16)7-12(17)3-6-14(9-12)8-10-1-4-13-5-2-10/h1-2,4-5,17H,3,6-9H2,(H,15,16). The molecule has 2 heterocycles. The molecule has 5 nitrogen and oxygen atoms in total. The molecule has 2 rings (SSSR count). The van der Waals surface area contributed by atoms with E-state index in [1.165, 1.54) is 0 Å². The van der Waals surface area contributed by atoms with E-state index in [9.17, 15) is 9.90 Å². The number of carbonyl (C=O) groups is 1. The van der Waals surface area contributed by atoms with Crippen LogP contribution in [0.1, 0.15) is 18.4 Å². The van der Waals surface area contributed by atoms with Crippen molar-refractivity contribution in [1.29, 1.82) is 0 Å². The molecular formula is C12H16N2O3. The van der Waals surface area contributed by atoms with Gasteiger partial charge in [-0.15, -0.1) is 0 Å². The fraction of sp³-hybridized carbons (Fsp3) is 0.500. The van der Waals surface area contributed by atoms with Crippen LogP contribution in [0, 0.1) is 0 Å². The van der Waals surface area contributed by atoms with Crippen molar-refractivity contribution in [3.05, 3.63) is 30.1 Å². The molecule has 0 amide bonds. The topological polar surface area (TPSA) is 73.7 Å². The van der Waals surface area contributed by atoms with E-state index in [0.717, 1.165) is 18.7 Å². The number of aromatic nitrogens is 1. The van der Waals surface area contributed by atoms with Crippen LogP contribution >= 0.6 is 0 Å². The van der Waals surface area contributed by atoms with Crippen LogP contribution in [0.15, 0.2) is 24.5 Å². The Morgan fingerprint density at radius 1 is 1.47 bits per heavy atom. The number of hydrogen-bond donors (Lipinski definition) is 2. The summed E-state index contributed by atoms with van der Waals surface area (Å²) < 4.78 is 0. The summed E-state index contributed by atoms with van der Waals surface area (Å²) in [6, 6.07) is 3.85. The molecule has 2 N–H and O–H groups in total. The van der Waals surface area contributed by atoms with Gasteiger partial charge in [0.2, 0.25) is 0 Å². The number of aliphatic hydroxyl groups is 1. The number of carboxylic acid groups (broad SMARTS) is 1. The van der Waals surface area contributed by atoms with Gasteiger partial charge in [0.1, 0.15) is 0 Å². The molecule has 0 aliphatic carbocycles. The zero-order chi connectivity index (χ0) is 12.3. The highest BCUT2D eigenvalue weighted by Gasteiger charge is 2.37. The second kappa shape index (κ2) is 4.81. The van der Waals surface area contributed by atoms with Crippen LogP contribution in [-0.2, 0) is 11.3 Å². The maximum Gasteiger partial charge on any atom is 0.306 e. The Kier molecular flexibility index (Phi) is 3.40. The molecule has 0 spiro atoms. The van der Waals surface area contributed by atoms with Gasteiger partial charge in [0, 0.05) is 32.0 Å². The van der Waals surface area contributed by atoms with Crippen molar-refractivity contribution >= 4 is 5.97 Å². The minimum atomic E-state index is -1.07. The molecule has 5 heteroatoms. The average Bonchev–Trinajstić information content (AvgIpc) is 2.60. The summed E-state index contributed by atoms with van der Waals surface area (Å²) in [6.07, 6.45) is 3.80. The van der Waals surface area contributed by atoms with Crippen LogP contribution in [0.3, 0.4) is 0 Å². The van der Waals surface area contributed by atoms with E-state index in [1.54, 1.807) is 12.4 Å². The fourth-order valence-corrected chi connectivity index (χ4v) is 2.25. The summed E-state index contributed by atoms with van der Waals surface area (Å²) in [7, 11) is 0. The van der Waals surface area contributed by atoms with Crippen LogP contribution in [0.25, 0.3) is 0 Å². The molecule has 0 bridgehead atoms. The molecule has 0 radical (unpaired) electrons. The summed E-state index contributed by atoms with van der Waals surface area (Å²) in [5, 5.41) is 18.8. The zero-order valence-corrected chi connectivity index (χ0v) is 9.54. The summed E-state index contributed by atoms with van der Waals surface area (Å²) in [5.74, 6) is -0.946. The van der Waals surface area contributed by atoms with Crippen molar-refractivity contribution in [2.75, 3.05) is 13.1 Å². The summed E-state index contributed by atoms with van der Waals surface area (Å²) in [5.41, 5.74) is 0.0540. The van der Waals surface area contributed by atoms with E-state index in [4.69, 9.17) is 5.11 Å². The Morgan fingerprint density at radius 3 is 2.82 bits per heavy atom. The van der Waals surface area contributed by atoms with E-state index >= 15 is 0 Å². The van der Waals surface area contributed by atoms with Gasteiger partial charge >= 0.3 is 5.97 Å². The predicted molar refractivity (Wildman–Crippen MR) is 61.3 cm³/mol. The molecule has 0 saturated carbocycles. The molecule has 0 aromatic carbocycles. The molecule has 1 aromatic rings. The highest BCUT2D eigenvalue weighted by atomic mass is 16.4. The summed E-state index contributed by atoms with van der Waals surface area (Å²) in [4.78, 5) is 16.6. The Bertz CT molecular complexity index is 396. The number of hydrogen-bond acceptors (Lipinski definition) is 4. The lowest BCUT2D eigenvalue weighted by Gasteiger charge is -2.21. The van der Waals surface area contributed by atoms with Gasteiger partial charge in [-0.05, 0) is 24.1 Å². The van der Waals surface area contributed by atoms with Crippen molar-refractivity contribution in [2.45, 2.75) is 25.0 Å². The maximum absolute atomic E-state index is 10.6. The quantitative estimate of drug-likeness (QED) is 0.796. The normalized spacial score (nSPS) is 25.0. The number of aliphatic carboxylic acids is 1. The smallest absolute Gasteiger partial charge is 0.306 e. The van der Waals surface area contributed by atoms with Crippen molar-refractivity contribution in [3.63, 3.8) is 0 Å². The summed E-state index contributed by atoms with van der Waals surface area (Å²) >= 11 is 0. The molecule has 1 atom stereocenters. The number of β-amino-alcohol motifs (C(OH)–C–C–N with tert-alkyl or cyclic N) is 1. The van der Waals surface area contributed by atoms with E-state index in [2.05, 4.69) is 9.88 Å². The van der Waals surface area contributed by atoms with Gasteiger partial charge in [-0.25, -0.2) is 0 Å². The average molecular weight is 236 g/mol. The molecule has 1 aliphatic rings. The minimum Gasteiger partial charge on any atom is -0.481 e. The lowest BCUT2D eigenvalue weighted by atomic mass is 9.99. The maximum atomic E-state index is 10.6. The first-order valence-electron chi connectivity index (χ1n) is 5.63. The van der Waals surface area contributed by atoms with Gasteiger partial charge in [-0.2, -0.15) is 0 Å².